The molecule has 3 nitrogen and oxygen atoms in total. The quantitative estimate of drug-likeness (QED) is 0.661. The summed E-state index contributed by atoms with van der Waals surface area (Å²) < 4.78 is 1.85. The number of fused-ring (bicyclic) bond motifs is 1. The van der Waals surface area contributed by atoms with Gasteiger partial charge in [-0.1, -0.05) is 18.2 Å². The third kappa shape index (κ3) is 1.83. The molecule has 0 unspecified atom stereocenters. The molecule has 2 heterocycles. The highest BCUT2D eigenvalue weighted by Crippen LogP contribution is 2.26. The maximum absolute atomic E-state index is 11.5. The summed E-state index contributed by atoms with van der Waals surface area (Å²) in [6, 6.07) is 10.1. The van der Waals surface area contributed by atoms with Crippen LogP contribution in [0.15, 0.2) is 36.5 Å². The molecule has 0 aliphatic heterocycles. The van der Waals surface area contributed by atoms with Gasteiger partial charge in [0, 0.05) is 11.8 Å². The van der Waals surface area contributed by atoms with Gasteiger partial charge in [0.1, 0.15) is 17.0 Å². The number of aryl methyl sites for hydroxylation is 3. The Morgan fingerprint density at radius 3 is 2.55 bits per heavy atom. The number of aromatic nitrogens is 2. The second-order valence-electron chi connectivity index (χ2n) is 5.15. The van der Waals surface area contributed by atoms with Crippen LogP contribution in [0, 0.1) is 20.8 Å². The van der Waals surface area contributed by atoms with Gasteiger partial charge in [0.25, 0.3) is 0 Å². The van der Waals surface area contributed by atoms with Crippen LogP contribution >= 0.6 is 0 Å². The van der Waals surface area contributed by atoms with E-state index in [9.17, 15) is 4.79 Å². The van der Waals surface area contributed by atoms with Crippen LogP contribution in [-0.2, 0) is 0 Å². The van der Waals surface area contributed by atoms with Crippen molar-refractivity contribution >= 4 is 11.9 Å². The zero-order valence-corrected chi connectivity index (χ0v) is 11.8. The number of aldehydes is 1. The lowest BCUT2D eigenvalue weighted by Gasteiger charge is -2.03. The summed E-state index contributed by atoms with van der Waals surface area (Å²) in [5, 5.41) is 0. The molecule has 2 aromatic heterocycles. The van der Waals surface area contributed by atoms with Crippen molar-refractivity contribution in [3.05, 3.63) is 58.9 Å². The number of carbonyl (C=O) groups is 1. The largest absolute Gasteiger partial charge is 0.297 e. The van der Waals surface area contributed by atoms with Gasteiger partial charge < -0.3 is 0 Å². The molecule has 0 aliphatic carbocycles. The molecule has 3 aromatic rings. The SMILES string of the molecule is Cc1ccc(-c2nc3c(C)cccn3c2C=O)cc1C. The number of rotatable bonds is 2. The lowest BCUT2D eigenvalue weighted by Crippen LogP contribution is -1.93. The molecular weight excluding hydrogens is 248 g/mol. The molecule has 0 bridgehead atoms. The first-order chi connectivity index (χ1) is 9.61. The Morgan fingerprint density at radius 1 is 1.05 bits per heavy atom. The molecule has 0 saturated heterocycles. The zero-order valence-electron chi connectivity index (χ0n) is 11.8. The van der Waals surface area contributed by atoms with Crippen molar-refractivity contribution < 1.29 is 4.79 Å². The van der Waals surface area contributed by atoms with E-state index in [1.807, 2.05) is 35.7 Å². The van der Waals surface area contributed by atoms with E-state index in [1.165, 1.54) is 11.1 Å². The minimum atomic E-state index is 0.604. The summed E-state index contributed by atoms with van der Waals surface area (Å²) in [5.41, 5.74) is 6.67. The van der Waals surface area contributed by atoms with Crippen molar-refractivity contribution in [3.8, 4) is 11.3 Å². The number of hydrogen-bond donors (Lipinski definition) is 0. The van der Waals surface area contributed by atoms with Crippen LogP contribution in [-0.4, -0.2) is 15.7 Å². The number of benzene rings is 1. The summed E-state index contributed by atoms with van der Waals surface area (Å²) in [6.45, 7) is 6.15. The molecule has 0 saturated carbocycles. The van der Waals surface area contributed by atoms with E-state index in [-0.39, 0.29) is 0 Å². The fourth-order valence-corrected chi connectivity index (χ4v) is 2.44. The molecule has 0 spiro atoms. The van der Waals surface area contributed by atoms with Gasteiger partial charge >= 0.3 is 0 Å². The molecule has 0 fully saturated rings. The summed E-state index contributed by atoms with van der Waals surface area (Å²) in [5.74, 6) is 0. The van der Waals surface area contributed by atoms with Crippen LogP contribution in [0.3, 0.4) is 0 Å². The predicted molar refractivity (Wildman–Crippen MR) is 80.2 cm³/mol. The van der Waals surface area contributed by atoms with E-state index < -0.39 is 0 Å². The second kappa shape index (κ2) is 4.60. The number of pyridine rings is 1. The van der Waals surface area contributed by atoms with E-state index >= 15 is 0 Å². The van der Waals surface area contributed by atoms with Crippen molar-refractivity contribution in [2.45, 2.75) is 20.8 Å². The smallest absolute Gasteiger partial charge is 0.169 e. The van der Waals surface area contributed by atoms with Gasteiger partial charge in [-0.2, -0.15) is 0 Å². The fourth-order valence-electron chi connectivity index (χ4n) is 2.44. The molecule has 0 amide bonds. The average molecular weight is 264 g/mol. The Bertz CT molecular complexity index is 815. The normalized spacial score (nSPS) is 10.9. The van der Waals surface area contributed by atoms with Crippen molar-refractivity contribution in [1.29, 1.82) is 0 Å². The van der Waals surface area contributed by atoms with Gasteiger partial charge in [-0.15, -0.1) is 0 Å². The van der Waals surface area contributed by atoms with E-state index in [2.05, 4.69) is 31.0 Å². The molecule has 0 radical (unpaired) electrons. The summed E-state index contributed by atoms with van der Waals surface area (Å²) in [6.07, 6.45) is 2.76. The summed E-state index contributed by atoms with van der Waals surface area (Å²) in [7, 11) is 0. The van der Waals surface area contributed by atoms with Gasteiger partial charge in [0.15, 0.2) is 6.29 Å². The molecule has 100 valence electrons. The first-order valence-corrected chi connectivity index (χ1v) is 6.62. The molecule has 0 atom stereocenters. The van der Waals surface area contributed by atoms with E-state index in [0.717, 1.165) is 28.8 Å². The van der Waals surface area contributed by atoms with Crippen LogP contribution in [0.2, 0.25) is 0 Å². The second-order valence-corrected chi connectivity index (χ2v) is 5.15. The lowest BCUT2D eigenvalue weighted by atomic mass is 10.0. The third-order valence-electron chi connectivity index (χ3n) is 3.77. The van der Waals surface area contributed by atoms with Crippen LogP contribution < -0.4 is 0 Å². The van der Waals surface area contributed by atoms with Crippen LogP contribution in [0.25, 0.3) is 16.9 Å². The highest BCUT2D eigenvalue weighted by molar-refractivity contribution is 5.86. The zero-order chi connectivity index (χ0) is 14.3. The van der Waals surface area contributed by atoms with Crippen LogP contribution in [0.4, 0.5) is 0 Å². The number of hydrogen-bond acceptors (Lipinski definition) is 2. The molecule has 3 rings (SSSR count). The molecule has 0 aliphatic rings. The van der Waals surface area contributed by atoms with E-state index in [1.54, 1.807) is 0 Å². The number of carbonyl (C=O) groups excluding carboxylic acids is 1. The van der Waals surface area contributed by atoms with Gasteiger partial charge in [0.05, 0.1) is 0 Å². The Hall–Kier alpha value is -2.42. The molecule has 20 heavy (non-hydrogen) atoms. The fraction of sp³-hybridized carbons (Fsp3) is 0.176. The maximum Gasteiger partial charge on any atom is 0.169 e. The van der Waals surface area contributed by atoms with Crippen molar-refractivity contribution in [3.63, 3.8) is 0 Å². The monoisotopic (exact) mass is 264 g/mol. The van der Waals surface area contributed by atoms with E-state index in [4.69, 9.17) is 0 Å². The molecule has 0 N–H and O–H groups in total. The topological polar surface area (TPSA) is 34.4 Å². The van der Waals surface area contributed by atoms with Crippen LogP contribution in [0.1, 0.15) is 27.2 Å². The highest BCUT2D eigenvalue weighted by atomic mass is 16.1. The van der Waals surface area contributed by atoms with Crippen molar-refractivity contribution in [2.75, 3.05) is 0 Å². The molecule has 1 aromatic carbocycles. The minimum absolute atomic E-state index is 0.604. The average Bonchev–Trinajstić information content (AvgIpc) is 2.82. The Morgan fingerprint density at radius 2 is 1.85 bits per heavy atom. The third-order valence-corrected chi connectivity index (χ3v) is 3.77. The summed E-state index contributed by atoms with van der Waals surface area (Å²) >= 11 is 0. The van der Waals surface area contributed by atoms with Crippen molar-refractivity contribution in [2.24, 2.45) is 0 Å². The minimum Gasteiger partial charge on any atom is -0.297 e. The standard InChI is InChI=1S/C17H16N2O/c1-11-6-7-14(9-13(11)3)16-15(10-20)19-8-4-5-12(2)17(19)18-16/h4-10H,1-3H3. The lowest BCUT2D eigenvalue weighted by molar-refractivity contribution is 0.111. The van der Waals surface area contributed by atoms with Gasteiger partial charge in [-0.3, -0.25) is 9.20 Å². The van der Waals surface area contributed by atoms with Gasteiger partial charge in [-0.25, -0.2) is 4.98 Å². The Kier molecular flexibility index (Phi) is 2.90. The predicted octanol–water partition coefficient (Wildman–Crippen LogP) is 3.74. The Balaban J connectivity index is 2.33. The first kappa shape index (κ1) is 12.6. The molecular formula is C17H16N2O. The first-order valence-electron chi connectivity index (χ1n) is 6.62. The van der Waals surface area contributed by atoms with E-state index in [0.29, 0.717) is 5.69 Å². The molecule has 3 heteroatoms. The Labute approximate surface area is 117 Å². The highest BCUT2D eigenvalue weighted by Gasteiger charge is 2.14. The number of imidazole rings is 1. The maximum atomic E-state index is 11.5. The van der Waals surface area contributed by atoms with Crippen LogP contribution in [0.5, 0.6) is 0 Å². The summed E-state index contributed by atoms with van der Waals surface area (Å²) in [4.78, 5) is 16.1. The number of nitrogens with zero attached hydrogens (tertiary/aromatic N) is 2. The van der Waals surface area contributed by atoms with Gasteiger partial charge in [0.2, 0.25) is 0 Å². The van der Waals surface area contributed by atoms with Gasteiger partial charge in [-0.05, 0) is 49.6 Å². The van der Waals surface area contributed by atoms with Crippen molar-refractivity contribution in [1.82, 2.24) is 9.38 Å².